The van der Waals surface area contributed by atoms with Crippen LogP contribution < -0.4 is 5.32 Å². The minimum atomic E-state index is -4.50. The molecule has 4 nitrogen and oxygen atoms in total. The van der Waals surface area contributed by atoms with E-state index < -0.39 is 17.9 Å². The first-order valence-electron chi connectivity index (χ1n) is 11.3. The Kier molecular flexibility index (Phi) is 8.27. The number of likely N-dealkylation sites (N-methyl/N-ethyl adjacent to an activating group) is 1. The maximum Gasteiger partial charge on any atom is 0.433 e. The molecular weight excluding hydrogens is 458 g/mol. The Balaban J connectivity index is 1.91. The molecule has 0 aliphatic rings. The standard InChI is InChI=1S/C27H29F4N3O/c1-17-5-9-20(10-6-17)25(26(35)34(3)4)33-23(21-11-12-22(28)18(2)15-21)13-7-19-8-14-24(32-16-19)27(29,30)31/h5-6,8-12,14-16,23,25,33H,7,13H2,1-4H3/t23-,25?/m0/s1. The van der Waals surface area contributed by atoms with E-state index in [4.69, 9.17) is 0 Å². The van der Waals surface area contributed by atoms with Crippen LogP contribution in [0.15, 0.2) is 60.8 Å². The quantitative estimate of drug-likeness (QED) is 0.400. The van der Waals surface area contributed by atoms with Crippen molar-refractivity contribution < 1.29 is 22.4 Å². The van der Waals surface area contributed by atoms with E-state index in [2.05, 4.69) is 10.3 Å². The minimum Gasteiger partial charge on any atom is -0.347 e. The van der Waals surface area contributed by atoms with Crippen LogP contribution in [0.5, 0.6) is 0 Å². The molecule has 1 unspecified atom stereocenters. The number of halogens is 4. The van der Waals surface area contributed by atoms with Gasteiger partial charge in [-0.3, -0.25) is 15.1 Å². The van der Waals surface area contributed by atoms with E-state index in [1.807, 2.05) is 31.2 Å². The van der Waals surface area contributed by atoms with Gasteiger partial charge in [0, 0.05) is 26.3 Å². The minimum absolute atomic E-state index is 0.145. The Hall–Kier alpha value is -3.26. The van der Waals surface area contributed by atoms with Gasteiger partial charge in [-0.15, -0.1) is 0 Å². The summed E-state index contributed by atoms with van der Waals surface area (Å²) < 4.78 is 52.5. The van der Waals surface area contributed by atoms with E-state index in [-0.39, 0.29) is 17.8 Å². The number of nitrogens with zero attached hydrogens (tertiary/aromatic N) is 2. The first kappa shape index (κ1) is 26.3. The molecule has 0 aliphatic heterocycles. The molecule has 8 heteroatoms. The molecule has 2 aromatic carbocycles. The first-order valence-corrected chi connectivity index (χ1v) is 11.3. The number of aryl methyl sites for hydroxylation is 3. The Bertz CT molecular complexity index is 1140. The van der Waals surface area contributed by atoms with Crippen molar-refractivity contribution in [1.29, 1.82) is 0 Å². The summed E-state index contributed by atoms with van der Waals surface area (Å²) in [6.45, 7) is 3.63. The molecule has 1 amide bonds. The lowest BCUT2D eigenvalue weighted by Crippen LogP contribution is -2.39. The van der Waals surface area contributed by atoms with Crippen molar-refractivity contribution in [2.75, 3.05) is 14.1 Å². The molecule has 3 rings (SSSR count). The fourth-order valence-corrected chi connectivity index (χ4v) is 3.81. The Morgan fingerprint density at radius 1 is 1.00 bits per heavy atom. The normalized spacial score (nSPS) is 13.4. The van der Waals surface area contributed by atoms with Crippen LogP contribution in [0.25, 0.3) is 0 Å². The number of aromatic nitrogens is 1. The molecule has 0 fully saturated rings. The monoisotopic (exact) mass is 487 g/mol. The maximum absolute atomic E-state index is 14.0. The predicted molar refractivity (Wildman–Crippen MR) is 127 cm³/mol. The Labute approximate surface area is 203 Å². The van der Waals surface area contributed by atoms with Crippen LogP contribution in [0, 0.1) is 19.7 Å². The zero-order chi connectivity index (χ0) is 25.8. The number of hydrogen-bond donors (Lipinski definition) is 1. The molecule has 2 atom stereocenters. The van der Waals surface area contributed by atoms with Crippen LogP contribution in [0.4, 0.5) is 17.6 Å². The van der Waals surface area contributed by atoms with Gasteiger partial charge in [-0.25, -0.2) is 4.39 Å². The number of alkyl halides is 3. The van der Waals surface area contributed by atoms with E-state index in [0.717, 1.165) is 22.8 Å². The van der Waals surface area contributed by atoms with Crippen molar-refractivity contribution in [3.8, 4) is 0 Å². The zero-order valence-electron chi connectivity index (χ0n) is 20.2. The average molecular weight is 488 g/mol. The van der Waals surface area contributed by atoms with Crippen LogP contribution in [0.1, 0.15) is 52.0 Å². The average Bonchev–Trinajstić information content (AvgIpc) is 2.81. The lowest BCUT2D eigenvalue weighted by molar-refractivity contribution is -0.141. The molecule has 35 heavy (non-hydrogen) atoms. The highest BCUT2D eigenvalue weighted by Crippen LogP contribution is 2.29. The van der Waals surface area contributed by atoms with Crippen molar-refractivity contribution >= 4 is 5.91 Å². The maximum atomic E-state index is 14.0. The third-order valence-corrected chi connectivity index (χ3v) is 5.89. The molecular formula is C27H29F4N3O. The Morgan fingerprint density at radius 3 is 2.20 bits per heavy atom. The number of carbonyl (C=O) groups excluding carboxylic acids is 1. The van der Waals surface area contributed by atoms with Gasteiger partial charge >= 0.3 is 6.18 Å². The Morgan fingerprint density at radius 2 is 1.66 bits per heavy atom. The van der Waals surface area contributed by atoms with Gasteiger partial charge in [0.25, 0.3) is 0 Å². The molecule has 0 bridgehead atoms. The highest BCUT2D eigenvalue weighted by molar-refractivity contribution is 5.83. The van der Waals surface area contributed by atoms with Crippen molar-refractivity contribution in [2.45, 2.75) is 44.9 Å². The molecule has 3 aromatic rings. The van der Waals surface area contributed by atoms with Crippen molar-refractivity contribution in [3.05, 3.63) is 100 Å². The number of nitrogens with one attached hydrogen (secondary N) is 1. The molecule has 1 heterocycles. The molecule has 1 aromatic heterocycles. The second-order valence-electron chi connectivity index (χ2n) is 8.89. The third kappa shape index (κ3) is 6.88. The van der Waals surface area contributed by atoms with E-state index in [0.29, 0.717) is 24.0 Å². The zero-order valence-corrected chi connectivity index (χ0v) is 20.2. The lowest BCUT2D eigenvalue weighted by Gasteiger charge is -2.28. The van der Waals surface area contributed by atoms with E-state index in [1.54, 1.807) is 33.2 Å². The molecule has 0 spiro atoms. The van der Waals surface area contributed by atoms with Crippen molar-refractivity contribution in [2.24, 2.45) is 0 Å². The van der Waals surface area contributed by atoms with Gasteiger partial charge < -0.3 is 4.90 Å². The van der Waals surface area contributed by atoms with Crippen LogP contribution >= 0.6 is 0 Å². The summed E-state index contributed by atoms with van der Waals surface area (Å²) in [5.74, 6) is -0.479. The molecule has 0 saturated heterocycles. The summed E-state index contributed by atoms with van der Waals surface area (Å²) in [5, 5.41) is 3.43. The number of hydrogen-bond acceptors (Lipinski definition) is 3. The van der Waals surface area contributed by atoms with Gasteiger partial charge in [-0.05, 0) is 61.1 Å². The fraction of sp³-hybridized carbons (Fsp3) is 0.333. The van der Waals surface area contributed by atoms with Gasteiger partial charge in [0.15, 0.2) is 0 Å². The van der Waals surface area contributed by atoms with Gasteiger partial charge in [0.1, 0.15) is 17.6 Å². The second kappa shape index (κ2) is 11.0. The smallest absolute Gasteiger partial charge is 0.347 e. The van der Waals surface area contributed by atoms with E-state index in [9.17, 15) is 22.4 Å². The van der Waals surface area contributed by atoms with E-state index >= 15 is 0 Å². The summed E-state index contributed by atoms with van der Waals surface area (Å²) in [6, 6.07) is 13.8. The van der Waals surface area contributed by atoms with Crippen LogP contribution in [-0.4, -0.2) is 29.9 Å². The van der Waals surface area contributed by atoms with Crippen molar-refractivity contribution in [1.82, 2.24) is 15.2 Å². The predicted octanol–water partition coefficient (Wildman–Crippen LogP) is 5.95. The number of carbonyl (C=O) groups is 1. The fourth-order valence-electron chi connectivity index (χ4n) is 3.81. The van der Waals surface area contributed by atoms with Crippen molar-refractivity contribution in [3.63, 3.8) is 0 Å². The molecule has 0 radical (unpaired) electrons. The van der Waals surface area contributed by atoms with Gasteiger partial charge in [-0.2, -0.15) is 13.2 Å². The molecule has 1 N–H and O–H groups in total. The largest absolute Gasteiger partial charge is 0.433 e. The lowest BCUT2D eigenvalue weighted by atomic mass is 9.95. The van der Waals surface area contributed by atoms with Crippen LogP contribution in [-0.2, 0) is 17.4 Å². The third-order valence-electron chi connectivity index (χ3n) is 5.89. The summed E-state index contributed by atoms with van der Waals surface area (Å²) in [4.78, 5) is 18.2. The number of amides is 1. The molecule has 0 aliphatic carbocycles. The number of benzene rings is 2. The number of pyridine rings is 1. The summed E-state index contributed by atoms with van der Waals surface area (Å²) in [6.07, 6.45) is -2.41. The van der Waals surface area contributed by atoms with Gasteiger partial charge in [0.05, 0.1) is 0 Å². The SMILES string of the molecule is Cc1ccc(C(N[C@@H](CCc2ccc(C(F)(F)F)nc2)c2ccc(F)c(C)c2)C(=O)N(C)C)cc1. The first-order chi connectivity index (χ1) is 16.5. The van der Waals surface area contributed by atoms with E-state index in [1.165, 1.54) is 23.2 Å². The summed E-state index contributed by atoms with van der Waals surface area (Å²) in [5.41, 5.74) is 2.79. The van der Waals surface area contributed by atoms with Gasteiger partial charge in [-0.1, -0.05) is 48.0 Å². The highest BCUT2D eigenvalue weighted by atomic mass is 19.4. The second-order valence-corrected chi connectivity index (χ2v) is 8.89. The summed E-state index contributed by atoms with van der Waals surface area (Å²) >= 11 is 0. The molecule has 0 saturated carbocycles. The topological polar surface area (TPSA) is 45.2 Å². The molecule has 186 valence electrons. The number of rotatable bonds is 8. The summed E-state index contributed by atoms with van der Waals surface area (Å²) in [7, 11) is 3.35. The van der Waals surface area contributed by atoms with Gasteiger partial charge in [0.2, 0.25) is 5.91 Å². The van der Waals surface area contributed by atoms with Crippen LogP contribution in [0.3, 0.4) is 0 Å². The highest BCUT2D eigenvalue weighted by Gasteiger charge is 2.32. The van der Waals surface area contributed by atoms with Crippen LogP contribution in [0.2, 0.25) is 0 Å².